The van der Waals surface area contributed by atoms with Crippen molar-refractivity contribution in [3.8, 4) is 11.5 Å². The third-order valence-corrected chi connectivity index (χ3v) is 3.54. The van der Waals surface area contributed by atoms with E-state index in [9.17, 15) is 4.79 Å². The molecule has 1 aromatic rings. The highest BCUT2D eigenvalue weighted by Crippen LogP contribution is 2.35. The molecule has 1 aliphatic rings. The second-order valence-electron chi connectivity index (χ2n) is 5.01. The average molecular weight is 279 g/mol. The first-order valence-electron chi connectivity index (χ1n) is 6.85. The van der Waals surface area contributed by atoms with Crippen LogP contribution in [0.5, 0.6) is 11.5 Å². The summed E-state index contributed by atoms with van der Waals surface area (Å²) in [4.78, 5) is 11.7. The maximum Gasteiger partial charge on any atom is 0.325 e. The van der Waals surface area contributed by atoms with Crippen molar-refractivity contribution in [2.24, 2.45) is 5.73 Å². The highest BCUT2D eigenvalue weighted by atomic mass is 16.5. The summed E-state index contributed by atoms with van der Waals surface area (Å²) in [5.74, 6) is 1.03. The zero-order valence-corrected chi connectivity index (χ0v) is 11.9. The van der Waals surface area contributed by atoms with Gasteiger partial charge in [0.2, 0.25) is 0 Å². The zero-order chi connectivity index (χ0) is 14.6. The number of hydrogen-bond donors (Lipinski definition) is 1. The SMILES string of the molecule is CCOc1ccccc1OC1CCC(N)(C(=O)OC)C1. The summed E-state index contributed by atoms with van der Waals surface area (Å²) in [7, 11) is 1.36. The van der Waals surface area contributed by atoms with Crippen LogP contribution in [-0.2, 0) is 9.53 Å². The lowest BCUT2D eigenvalue weighted by molar-refractivity contribution is -0.147. The minimum Gasteiger partial charge on any atom is -0.490 e. The number of carbonyl (C=O) groups is 1. The lowest BCUT2D eigenvalue weighted by atomic mass is 10.00. The number of hydrogen-bond acceptors (Lipinski definition) is 5. The van der Waals surface area contributed by atoms with E-state index in [2.05, 4.69) is 0 Å². The highest BCUT2D eigenvalue weighted by molar-refractivity contribution is 5.80. The lowest BCUT2D eigenvalue weighted by Crippen LogP contribution is -2.47. The van der Waals surface area contributed by atoms with Crippen LogP contribution in [0, 0.1) is 0 Å². The van der Waals surface area contributed by atoms with E-state index in [0.717, 1.165) is 6.42 Å². The second-order valence-corrected chi connectivity index (χ2v) is 5.01. The van der Waals surface area contributed by atoms with Crippen molar-refractivity contribution in [2.75, 3.05) is 13.7 Å². The van der Waals surface area contributed by atoms with E-state index < -0.39 is 5.54 Å². The quantitative estimate of drug-likeness (QED) is 0.833. The molecule has 110 valence electrons. The summed E-state index contributed by atoms with van der Waals surface area (Å²) in [5.41, 5.74) is 5.14. The summed E-state index contributed by atoms with van der Waals surface area (Å²) in [6.45, 7) is 2.50. The molecule has 0 aliphatic heterocycles. The number of methoxy groups -OCH3 is 1. The third-order valence-electron chi connectivity index (χ3n) is 3.54. The van der Waals surface area contributed by atoms with Crippen LogP contribution in [-0.4, -0.2) is 31.3 Å². The largest absolute Gasteiger partial charge is 0.490 e. The van der Waals surface area contributed by atoms with Crippen LogP contribution in [0.2, 0.25) is 0 Å². The topological polar surface area (TPSA) is 70.8 Å². The lowest BCUT2D eigenvalue weighted by Gasteiger charge is -2.21. The minimum absolute atomic E-state index is 0.0966. The van der Waals surface area contributed by atoms with Crippen molar-refractivity contribution in [1.29, 1.82) is 0 Å². The van der Waals surface area contributed by atoms with Crippen LogP contribution in [0.4, 0.5) is 0 Å². The van der Waals surface area contributed by atoms with Crippen molar-refractivity contribution >= 4 is 5.97 Å². The van der Waals surface area contributed by atoms with Crippen molar-refractivity contribution in [2.45, 2.75) is 37.8 Å². The molecular formula is C15H21NO4. The van der Waals surface area contributed by atoms with Crippen LogP contribution in [0.1, 0.15) is 26.2 Å². The first-order chi connectivity index (χ1) is 9.59. The summed E-state index contributed by atoms with van der Waals surface area (Å²) >= 11 is 0. The molecule has 0 bridgehead atoms. The van der Waals surface area contributed by atoms with Gasteiger partial charge in [-0.3, -0.25) is 4.79 Å². The molecule has 20 heavy (non-hydrogen) atoms. The predicted molar refractivity (Wildman–Crippen MR) is 74.8 cm³/mol. The third kappa shape index (κ3) is 3.04. The maximum atomic E-state index is 11.7. The Morgan fingerprint density at radius 3 is 2.75 bits per heavy atom. The second kappa shape index (κ2) is 6.13. The van der Waals surface area contributed by atoms with Crippen LogP contribution in [0.25, 0.3) is 0 Å². The van der Waals surface area contributed by atoms with Crippen molar-refractivity contribution in [3.63, 3.8) is 0 Å². The van der Waals surface area contributed by atoms with E-state index in [1.807, 2.05) is 31.2 Å². The standard InChI is InChI=1S/C15H21NO4/c1-3-19-12-6-4-5-7-13(12)20-11-8-9-15(16,10-11)14(17)18-2/h4-7,11H,3,8-10,16H2,1-2H3. The number of benzene rings is 1. The first kappa shape index (κ1) is 14.7. The maximum absolute atomic E-state index is 11.7. The molecule has 0 aromatic heterocycles. The molecule has 0 spiro atoms. The molecule has 1 saturated carbocycles. The summed E-state index contributed by atoms with van der Waals surface area (Å²) in [6.07, 6.45) is 1.66. The monoisotopic (exact) mass is 279 g/mol. The van der Waals surface area contributed by atoms with Crippen molar-refractivity contribution in [1.82, 2.24) is 0 Å². The molecule has 0 radical (unpaired) electrons. The van der Waals surface area contributed by atoms with E-state index in [-0.39, 0.29) is 12.1 Å². The van der Waals surface area contributed by atoms with Crippen molar-refractivity contribution < 1.29 is 19.0 Å². The minimum atomic E-state index is -0.931. The van der Waals surface area contributed by atoms with Gasteiger partial charge < -0.3 is 19.9 Å². The summed E-state index contributed by atoms with van der Waals surface area (Å²) < 4.78 is 16.2. The van der Waals surface area contributed by atoms with Crippen LogP contribution >= 0.6 is 0 Å². The fourth-order valence-electron chi connectivity index (χ4n) is 2.52. The van der Waals surface area contributed by atoms with E-state index in [1.54, 1.807) is 0 Å². The van der Waals surface area contributed by atoms with E-state index in [0.29, 0.717) is 30.9 Å². The zero-order valence-electron chi connectivity index (χ0n) is 11.9. The van der Waals surface area contributed by atoms with Gasteiger partial charge in [-0.15, -0.1) is 0 Å². The number of rotatable bonds is 5. The normalized spacial score (nSPS) is 25.2. The van der Waals surface area contributed by atoms with Gasteiger partial charge in [-0.2, -0.15) is 0 Å². The van der Waals surface area contributed by atoms with E-state index in [1.165, 1.54) is 7.11 Å². The van der Waals surface area contributed by atoms with Crippen molar-refractivity contribution in [3.05, 3.63) is 24.3 Å². The van der Waals surface area contributed by atoms with Gasteiger partial charge in [0.15, 0.2) is 11.5 Å². The molecular weight excluding hydrogens is 258 g/mol. The molecule has 0 heterocycles. The van der Waals surface area contributed by atoms with Gasteiger partial charge in [-0.1, -0.05) is 12.1 Å². The van der Waals surface area contributed by atoms with Gasteiger partial charge in [-0.25, -0.2) is 0 Å². The van der Waals surface area contributed by atoms with Gasteiger partial charge >= 0.3 is 5.97 Å². The van der Waals surface area contributed by atoms with E-state index in [4.69, 9.17) is 19.9 Å². The Labute approximate surface area is 119 Å². The molecule has 0 saturated heterocycles. The number of para-hydroxylation sites is 2. The van der Waals surface area contributed by atoms with Crippen LogP contribution in [0.3, 0.4) is 0 Å². The van der Waals surface area contributed by atoms with E-state index >= 15 is 0 Å². The molecule has 0 amide bonds. The number of esters is 1. The van der Waals surface area contributed by atoms with Gasteiger partial charge in [0.05, 0.1) is 13.7 Å². The van der Waals surface area contributed by atoms with Gasteiger partial charge in [0, 0.05) is 6.42 Å². The molecule has 5 nitrogen and oxygen atoms in total. The Hall–Kier alpha value is -1.75. The molecule has 2 atom stereocenters. The van der Waals surface area contributed by atoms with Gasteiger partial charge in [-0.05, 0) is 31.9 Å². The van der Waals surface area contributed by atoms with Gasteiger partial charge in [0.1, 0.15) is 11.6 Å². The molecule has 2 unspecified atom stereocenters. The Bertz CT molecular complexity index is 477. The van der Waals surface area contributed by atoms with Gasteiger partial charge in [0.25, 0.3) is 0 Å². The summed E-state index contributed by atoms with van der Waals surface area (Å²) in [5, 5.41) is 0. The Kier molecular flexibility index (Phi) is 4.49. The fraction of sp³-hybridized carbons (Fsp3) is 0.533. The smallest absolute Gasteiger partial charge is 0.325 e. The highest BCUT2D eigenvalue weighted by Gasteiger charge is 2.44. The average Bonchev–Trinajstić information content (AvgIpc) is 2.83. The Balaban J connectivity index is 2.04. The summed E-state index contributed by atoms with van der Waals surface area (Å²) in [6, 6.07) is 7.51. The molecule has 5 heteroatoms. The predicted octanol–water partition coefficient (Wildman–Crippen LogP) is 1.89. The fourth-order valence-corrected chi connectivity index (χ4v) is 2.52. The molecule has 2 N–H and O–H groups in total. The molecule has 1 aliphatic carbocycles. The molecule has 1 aromatic carbocycles. The molecule has 2 rings (SSSR count). The number of carbonyl (C=O) groups excluding carboxylic acids is 1. The number of ether oxygens (including phenoxy) is 3. The Morgan fingerprint density at radius 1 is 1.40 bits per heavy atom. The number of nitrogens with two attached hydrogens (primary N) is 1. The van der Waals surface area contributed by atoms with Crippen LogP contribution in [0.15, 0.2) is 24.3 Å². The van der Waals surface area contributed by atoms with Crippen LogP contribution < -0.4 is 15.2 Å². The first-order valence-corrected chi connectivity index (χ1v) is 6.85. The Morgan fingerprint density at radius 2 is 2.10 bits per heavy atom. The molecule has 1 fully saturated rings.